The summed E-state index contributed by atoms with van der Waals surface area (Å²) in [6.07, 6.45) is 2.08. The summed E-state index contributed by atoms with van der Waals surface area (Å²) in [5.74, 6) is 1.58. The highest BCUT2D eigenvalue weighted by Crippen LogP contribution is 2.28. The number of aliphatic hydroxyl groups excluding tert-OH is 1. The Morgan fingerprint density at radius 1 is 1.23 bits per heavy atom. The van der Waals surface area contributed by atoms with Crippen molar-refractivity contribution < 1.29 is 24.1 Å². The Morgan fingerprint density at radius 2 is 2.07 bits per heavy atom. The zero-order valence-electron chi connectivity index (χ0n) is 18.0. The number of nitrogens with one attached hydrogen (secondary N) is 1. The lowest BCUT2D eigenvalue weighted by molar-refractivity contribution is -0.127. The van der Waals surface area contributed by atoms with Gasteiger partial charge in [0, 0.05) is 45.7 Å². The van der Waals surface area contributed by atoms with E-state index in [1.165, 1.54) is 0 Å². The Balaban J connectivity index is 1.37. The summed E-state index contributed by atoms with van der Waals surface area (Å²) < 4.78 is 16.6. The third kappa shape index (κ3) is 7.12. The fourth-order valence-electron chi connectivity index (χ4n) is 3.83. The van der Waals surface area contributed by atoms with Crippen molar-refractivity contribution in [3.63, 3.8) is 0 Å². The molecule has 2 aliphatic heterocycles. The van der Waals surface area contributed by atoms with Crippen molar-refractivity contribution in [2.45, 2.75) is 31.9 Å². The van der Waals surface area contributed by atoms with Gasteiger partial charge in [-0.1, -0.05) is 6.07 Å². The van der Waals surface area contributed by atoms with Crippen LogP contribution in [0.4, 0.5) is 0 Å². The smallest absolute Gasteiger partial charge is 0.222 e. The van der Waals surface area contributed by atoms with Gasteiger partial charge in [-0.25, -0.2) is 0 Å². The summed E-state index contributed by atoms with van der Waals surface area (Å²) >= 11 is 0. The average Bonchev–Trinajstić information content (AvgIpc) is 3.17. The van der Waals surface area contributed by atoms with E-state index in [0.29, 0.717) is 37.7 Å². The third-order valence-electron chi connectivity index (χ3n) is 5.51. The molecular weight excluding hydrogens is 386 g/mol. The number of hydrogen-bond acceptors (Lipinski definition) is 7. The molecule has 1 aromatic carbocycles. The van der Waals surface area contributed by atoms with E-state index in [1.54, 1.807) is 7.11 Å². The number of carbonyl (C=O) groups is 1. The first-order chi connectivity index (χ1) is 14.7. The number of methoxy groups -OCH3 is 1. The van der Waals surface area contributed by atoms with Gasteiger partial charge >= 0.3 is 0 Å². The number of amides is 1. The second-order valence-electron chi connectivity index (χ2n) is 7.88. The van der Waals surface area contributed by atoms with Crippen LogP contribution in [0.1, 0.15) is 24.8 Å². The molecule has 1 amide bonds. The lowest BCUT2D eigenvalue weighted by atomic mass is 10.2. The molecule has 0 saturated carbocycles. The Bertz CT molecular complexity index is 666. The fourth-order valence-corrected chi connectivity index (χ4v) is 3.83. The van der Waals surface area contributed by atoms with Crippen LogP contribution in [0.25, 0.3) is 0 Å². The van der Waals surface area contributed by atoms with Crippen molar-refractivity contribution in [3.8, 4) is 11.5 Å². The van der Waals surface area contributed by atoms with Crippen LogP contribution in [0.15, 0.2) is 18.2 Å². The molecule has 2 N–H and O–H groups in total. The largest absolute Gasteiger partial charge is 0.493 e. The molecule has 0 unspecified atom stereocenters. The number of benzene rings is 1. The molecule has 3 rings (SSSR count). The molecule has 1 atom stereocenters. The first kappa shape index (κ1) is 22.8. The molecule has 0 radical (unpaired) electrons. The van der Waals surface area contributed by atoms with Gasteiger partial charge in [-0.15, -0.1) is 0 Å². The van der Waals surface area contributed by atoms with Crippen LogP contribution in [0.5, 0.6) is 11.5 Å². The molecule has 2 aliphatic rings. The van der Waals surface area contributed by atoms with Crippen LogP contribution in [0.3, 0.4) is 0 Å². The Morgan fingerprint density at radius 3 is 2.80 bits per heavy atom. The van der Waals surface area contributed by atoms with E-state index in [4.69, 9.17) is 14.2 Å². The summed E-state index contributed by atoms with van der Waals surface area (Å²) in [7, 11) is 1.62. The van der Waals surface area contributed by atoms with Crippen molar-refractivity contribution in [1.29, 1.82) is 0 Å². The maximum absolute atomic E-state index is 11.6. The van der Waals surface area contributed by atoms with Gasteiger partial charge in [0.1, 0.15) is 12.7 Å². The molecule has 0 spiro atoms. The molecule has 0 aliphatic carbocycles. The lowest BCUT2D eigenvalue weighted by Gasteiger charge is -2.28. The van der Waals surface area contributed by atoms with Crippen molar-refractivity contribution in [1.82, 2.24) is 15.1 Å². The van der Waals surface area contributed by atoms with Gasteiger partial charge in [0.05, 0.1) is 20.3 Å². The number of ether oxygens (including phenoxy) is 3. The number of nitrogens with zero attached hydrogens (tertiary/aromatic N) is 2. The van der Waals surface area contributed by atoms with E-state index in [0.717, 1.165) is 57.7 Å². The van der Waals surface area contributed by atoms with Gasteiger partial charge < -0.3 is 29.5 Å². The van der Waals surface area contributed by atoms with Crippen molar-refractivity contribution in [2.75, 3.05) is 66.2 Å². The molecule has 8 nitrogen and oxygen atoms in total. The lowest BCUT2D eigenvalue weighted by Crippen LogP contribution is -2.42. The molecule has 0 bridgehead atoms. The SMILES string of the molecule is COc1cc(CNCCCN2CCCC2=O)ccc1OC[C@@H](O)CN1CCOCC1. The standard InChI is InChI=1S/C22H35N3O5/c1-28-21-14-18(15-23-7-3-9-25-8-2-4-22(25)27)5-6-20(21)30-17-19(26)16-24-10-12-29-13-11-24/h5-6,14,19,23,26H,2-4,7-13,15-17H2,1H3/t19-/m0/s1. The number of likely N-dealkylation sites (tertiary alicyclic amines) is 1. The minimum atomic E-state index is -0.559. The summed E-state index contributed by atoms with van der Waals surface area (Å²) in [5.41, 5.74) is 1.10. The summed E-state index contributed by atoms with van der Waals surface area (Å²) in [5, 5.41) is 13.7. The number of morpholine rings is 1. The highest BCUT2D eigenvalue weighted by atomic mass is 16.5. The predicted molar refractivity (Wildman–Crippen MR) is 114 cm³/mol. The van der Waals surface area contributed by atoms with Crippen LogP contribution in [0.2, 0.25) is 0 Å². The molecular formula is C22H35N3O5. The molecule has 2 heterocycles. The van der Waals surface area contributed by atoms with Crippen LogP contribution in [0, 0.1) is 0 Å². The third-order valence-corrected chi connectivity index (χ3v) is 5.51. The maximum atomic E-state index is 11.6. The summed E-state index contributed by atoms with van der Waals surface area (Å²) in [6, 6.07) is 5.85. The highest BCUT2D eigenvalue weighted by molar-refractivity contribution is 5.77. The van der Waals surface area contributed by atoms with Gasteiger partial charge in [0.25, 0.3) is 0 Å². The van der Waals surface area contributed by atoms with Gasteiger partial charge in [-0.2, -0.15) is 0 Å². The summed E-state index contributed by atoms with van der Waals surface area (Å²) in [6.45, 7) is 7.24. The molecule has 0 aromatic heterocycles. The predicted octanol–water partition coefficient (Wildman–Crippen LogP) is 0.869. The van der Waals surface area contributed by atoms with E-state index in [2.05, 4.69) is 10.2 Å². The number of rotatable bonds is 12. The van der Waals surface area contributed by atoms with E-state index in [9.17, 15) is 9.90 Å². The van der Waals surface area contributed by atoms with Crippen LogP contribution in [-0.4, -0.2) is 93.1 Å². The van der Waals surface area contributed by atoms with Gasteiger partial charge in [0.2, 0.25) is 5.91 Å². The fraction of sp³-hybridized carbons (Fsp3) is 0.682. The molecule has 1 aromatic rings. The van der Waals surface area contributed by atoms with Gasteiger partial charge in [-0.05, 0) is 37.1 Å². The highest BCUT2D eigenvalue weighted by Gasteiger charge is 2.19. The van der Waals surface area contributed by atoms with E-state index in [-0.39, 0.29) is 12.5 Å². The topological polar surface area (TPSA) is 83.5 Å². The van der Waals surface area contributed by atoms with Gasteiger partial charge in [-0.3, -0.25) is 9.69 Å². The number of β-amino-alcohol motifs (C(OH)–C–C–N with tert-alkyl or cyclic N) is 1. The normalized spacial score (nSPS) is 18.6. The quantitative estimate of drug-likeness (QED) is 0.485. The van der Waals surface area contributed by atoms with E-state index in [1.807, 2.05) is 23.1 Å². The second kappa shape index (κ2) is 12.1. The summed E-state index contributed by atoms with van der Waals surface area (Å²) in [4.78, 5) is 15.7. The van der Waals surface area contributed by atoms with E-state index < -0.39 is 6.10 Å². The van der Waals surface area contributed by atoms with Crippen LogP contribution in [-0.2, 0) is 16.1 Å². The monoisotopic (exact) mass is 421 g/mol. The number of hydrogen-bond donors (Lipinski definition) is 2. The molecule has 2 fully saturated rings. The minimum absolute atomic E-state index is 0.223. The molecule has 168 valence electrons. The Labute approximate surface area is 179 Å². The van der Waals surface area contributed by atoms with E-state index >= 15 is 0 Å². The first-order valence-corrected chi connectivity index (χ1v) is 10.9. The van der Waals surface area contributed by atoms with Crippen LogP contribution < -0.4 is 14.8 Å². The molecule has 2 saturated heterocycles. The minimum Gasteiger partial charge on any atom is -0.493 e. The van der Waals surface area contributed by atoms with Crippen molar-refractivity contribution in [3.05, 3.63) is 23.8 Å². The number of carbonyl (C=O) groups excluding carboxylic acids is 1. The maximum Gasteiger partial charge on any atom is 0.222 e. The Hall–Kier alpha value is -1.87. The second-order valence-corrected chi connectivity index (χ2v) is 7.88. The zero-order valence-corrected chi connectivity index (χ0v) is 18.0. The van der Waals surface area contributed by atoms with Crippen molar-refractivity contribution >= 4 is 5.91 Å². The zero-order chi connectivity index (χ0) is 21.2. The first-order valence-electron chi connectivity index (χ1n) is 10.9. The molecule has 8 heteroatoms. The Kier molecular flexibility index (Phi) is 9.20. The number of aliphatic hydroxyl groups is 1. The van der Waals surface area contributed by atoms with Crippen molar-refractivity contribution in [2.24, 2.45) is 0 Å². The van der Waals surface area contributed by atoms with Crippen LogP contribution >= 0.6 is 0 Å². The molecule has 30 heavy (non-hydrogen) atoms. The average molecular weight is 422 g/mol. The van der Waals surface area contributed by atoms with Gasteiger partial charge in [0.15, 0.2) is 11.5 Å².